The Labute approximate surface area is 139 Å². The van der Waals surface area contributed by atoms with Crippen molar-refractivity contribution in [3.8, 4) is 5.75 Å². The number of amides is 1. The van der Waals surface area contributed by atoms with Crippen molar-refractivity contribution in [2.24, 2.45) is 0 Å². The van der Waals surface area contributed by atoms with Gasteiger partial charge >= 0.3 is 0 Å². The Morgan fingerprint density at radius 1 is 1.42 bits per heavy atom. The highest BCUT2D eigenvalue weighted by atomic mass is 19.1. The first-order chi connectivity index (χ1) is 11.4. The number of hydrogen-bond acceptors (Lipinski definition) is 4. The number of methoxy groups -OCH3 is 1. The van der Waals surface area contributed by atoms with Crippen molar-refractivity contribution >= 4 is 5.91 Å². The summed E-state index contributed by atoms with van der Waals surface area (Å²) in [4.78, 5) is 14.1. The minimum absolute atomic E-state index is 0.161. The molecule has 132 valence electrons. The maximum atomic E-state index is 13.6. The highest BCUT2D eigenvalue weighted by Gasteiger charge is 2.52. The second-order valence-corrected chi connectivity index (χ2v) is 6.41. The van der Waals surface area contributed by atoms with E-state index >= 15 is 0 Å². The molecule has 0 unspecified atom stereocenters. The number of fused-ring (bicyclic) bond motifs is 1. The summed E-state index contributed by atoms with van der Waals surface area (Å²) in [5, 5.41) is 9.93. The number of hydrogen-bond donors (Lipinski definition) is 1. The fourth-order valence-corrected chi connectivity index (χ4v) is 3.79. The van der Waals surface area contributed by atoms with Gasteiger partial charge in [-0.05, 0) is 37.8 Å². The molecule has 1 heterocycles. The van der Waals surface area contributed by atoms with E-state index in [9.17, 15) is 18.7 Å². The molecule has 7 heteroatoms. The van der Waals surface area contributed by atoms with Crippen molar-refractivity contribution in [3.63, 3.8) is 0 Å². The van der Waals surface area contributed by atoms with Gasteiger partial charge in [0, 0.05) is 19.7 Å². The predicted molar refractivity (Wildman–Crippen MR) is 81.6 cm³/mol. The van der Waals surface area contributed by atoms with E-state index in [2.05, 4.69) is 0 Å². The lowest BCUT2D eigenvalue weighted by atomic mass is 9.79. The third-order valence-electron chi connectivity index (χ3n) is 5.13. The highest BCUT2D eigenvalue weighted by Crippen LogP contribution is 2.42. The fraction of sp³-hybridized carbons (Fsp3) is 0.588. The van der Waals surface area contributed by atoms with Crippen LogP contribution in [0.4, 0.5) is 8.78 Å². The predicted octanol–water partition coefficient (Wildman–Crippen LogP) is 1.87. The summed E-state index contributed by atoms with van der Waals surface area (Å²) in [6, 6.07) is 2.74. The maximum absolute atomic E-state index is 13.6. The van der Waals surface area contributed by atoms with Gasteiger partial charge in [0.05, 0.1) is 17.7 Å². The van der Waals surface area contributed by atoms with Crippen LogP contribution in [0.2, 0.25) is 0 Å². The SMILES string of the molecule is CO[C@]12CC[C@H](O)C[C@H]1N(C(=O)COc1ccc(F)cc1F)CC2. The molecule has 1 aromatic carbocycles. The Morgan fingerprint density at radius 3 is 2.92 bits per heavy atom. The topological polar surface area (TPSA) is 59.0 Å². The molecular formula is C17H21F2NO4. The lowest BCUT2D eigenvalue weighted by Gasteiger charge is -2.42. The number of carbonyl (C=O) groups excluding carboxylic acids is 1. The zero-order valence-corrected chi connectivity index (χ0v) is 13.5. The van der Waals surface area contributed by atoms with Gasteiger partial charge in [0.25, 0.3) is 5.91 Å². The summed E-state index contributed by atoms with van der Waals surface area (Å²) >= 11 is 0. The van der Waals surface area contributed by atoms with Gasteiger partial charge in [-0.2, -0.15) is 0 Å². The van der Waals surface area contributed by atoms with Crippen molar-refractivity contribution in [2.75, 3.05) is 20.3 Å². The van der Waals surface area contributed by atoms with Crippen LogP contribution in [0.5, 0.6) is 5.75 Å². The molecule has 1 amide bonds. The van der Waals surface area contributed by atoms with Crippen LogP contribution < -0.4 is 4.74 Å². The number of ether oxygens (including phenoxy) is 2. The molecule has 0 bridgehead atoms. The Hall–Kier alpha value is -1.73. The number of halogens is 2. The molecular weight excluding hydrogens is 320 g/mol. The molecule has 24 heavy (non-hydrogen) atoms. The standard InChI is InChI=1S/C17H21F2NO4/c1-23-17-5-4-12(21)9-15(17)20(7-6-17)16(22)10-24-14-3-2-11(18)8-13(14)19/h2-3,8,12,15,21H,4-7,9-10H2,1H3/t12-,15+,17-/m0/s1. The molecule has 1 aromatic rings. The average Bonchev–Trinajstić information content (AvgIpc) is 2.93. The Morgan fingerprint density at radius 2 is 2.21 bits per heavy atom. The second-order valence-electron chi connectivity index (χ2n) is 6.41. The number of carbonyl (C=O) groups is 1. The highest BCUT2D eigenvalue weighted by molar-refractivity contribution is 5.78. The number of aliphatic hydroxyl groups is 1. The van der Waals surface area contributed by atoms with Crippen molar-refractivity contribution in [3.05, 3.63) is 29.8 Å². The van der Waals surface area contributed by atoms with Crippen LogP contribution in [0.25, 0.3) is 0 Å². The largest absolute Gasteiger partial charge is 0.481 e. The first-order valence-corrected chi connectivity index (χ1v) is 8.06. The van der Waals surface area contributed by atoms with Gasteiger partial charge in [-0.1, -0.05) is 0 Å². The molecule has 1 saturated heterocycles. The lowest BCUT2D eigenvalue weighted by molar-refractivity contribution is -0.141. The molecule has 0 radical (unpaired) electrons. The van der Waals surface area contributed by atoms with Gasteiger partial charge in [0.15, 0.2) is 18.2 Å². The van der Waals surface area contributed by atoms with Crippen LogP contribution in [-0.4, -0.2) is 53.9 Å². The number of rotatable bonds is 4. The molecule has 1 aliphatic heterocycles. The zero-order valence-electron chi connectivity index (χ0n) is 13.5. The van der Waals surface area contributed by atoms with E-state index in [-0.39, 0.29) is 24.3 Å². The molecule has 5 nitrogen and oxygen atoms in total. The molecule has 0 aromatic heterocycles. The van der Waals surface area contributed by atoms with E-state index in [0.29, 0.717) is 38.3 Å². The summed E-state index contributed by atoms with van der Waals surface area (Å²) in [5.41, 5.74) is -0.421. The number of likely N-dealkylation sites (tertiary alicyclic amines) is 1. The second kappa shape index (κ2) is 6.64. The zero-order chi connectivity index (χ0) is 17.3. The summed E-state index contributed by atoms with van der Waals surface area (Å²) in [7, 11) is 1.63. The van der Waals surface area contributed by atoms with E-state index in [1.807, 2.05) is 0 Å². The van der Waals surface area contributed by atoms with Crippen LogP contribution in [0, 0.1) is 11.6 Å². The summed E-state index contributed by atoms with van der Waals surface area (Å²) in [6.07, 6.45) is 2.07. The maximum Gasteiger partial charge on any atom is 0.260 e. The van der Waals surface area contributed by atoms with E-state index in [1.54, 1.807) is 12.0 Å². The van der Waals surface area contributed by atoms with Gasteiger partial charge in [-0.3, -0.25) is 4.79 Å². The first-order valence-electron chi connectivity index (χ1n) is 8.06. The normalized spacial score (nSPS) is 29.4. The average molecular weight is 341 g/mol. The third kappa shape index (κ3) is 3.10. The molecule has 1 N–H and O–H groups in total. The molecule has 1 saturated carbocycles. The molecule has 3 rings (SSSR count). The van der Waals surface area contributed by atoms with Gasteiger partial charge in [-0.25, -0.2) is 8.78 Å². The Balaban J connectivity index is 1.66. The molecule has 2 fully saturated rings. The molecule has 2 aliphatic rings. The van der Waals surface area contributed by atoms with E-state index in [4.69, 9.17) is 9.47 Å². The first kappa shape index (κ1) is 17.1. The smallest absolute Gasteiger partial charge is 0.260 e. The lowest BCUT2D eigenvalue weighted by Crippen LogP contribution is -2.53. The van der Waals surface area contributed by atoms with Crippen molar-refractivity contribution < 1.29 is 28.2 Å². The van der Waals surface area contributed by atoms with E-state index in [1.165, 1.54) is 0 Å². The van der Waals surface area contributed by atoms with Gasteiger partial charge in [0.1, 0.15) is 5.82 Å². The minimum atomic E-state index is -0.844. The van der Waals surface area contributed by atoms with Crippen LogP contribution in [-0.2, 0) is 9.53 Å². The molecule has 0 spiro atoms. The van der Waals surface area contributed by atoms with Gasteiger partial charge in [0.2, 0.25) is 0 Å². The van der Waals surface area contributed by atoms with Crippen LogP contribution in [0.15, 0.2) is 18.2 Å². The monoisotopic (exact) mass is 341 g/mol. The number of aliphatic hydroxyl groups excluding tert-OH is 1. The molecule has 3 atom stereocenters. The number of nitrogens with zero attached hydrogens (tertiary/aromatic N) is 1. The Bertz CT molecular complexity index is 627. The summed E-state index contributed by atoms with van der Waals surface area (Å²) in [6.45, 7) is 0.175. The quantitative estimate of drug-likeness (QED) is 0.908. The Kier molecular flexibility index (Phi) is 4.73. The number of benzene rings is 1. The van der Waals surface area contributed by atoms with Crippen LogP contribution >= 0.6 is 0 Å². The minimum Gasteiger partial charge on any atom is -0.481 e. The van der Waals surface area contributed by atoms with Gasteiger partial charge < -0.3 is 19.5 Å². The van der Waals surface area contributed by atoms with Crippen molar-refractivity contribution in [1.29, 1.82) is 0 Å². The molecule has 1 aliphatic carbocycles. The summed E-state index contributed by atoms with van der Waals surface area (Å²) < 4.78 is 37.3. The van der Waals surface area contributed by atoms with Crippen LogP contribution in [0.1, 0.15) is 25.7 Å². The van der Waals surface area contributed by atoms with Gasteiger partial charge in [-0.15, -0.1) is 0 Å². The summed E-state index contributed by atoms with van der Waals surface area (Å²) in [5.74, 6) is -2.00. The third-order valence-corrected chi connectivity index (χ3v) is 5.13. The van der Waals surface area contributed by atoms with Crippen LogP contribution in [0.3, 0.4) is 0 Å². The van der Waals surface area contributed by atoms with Crippen molar-refractivity contribution in [1.82, 2.24) is 4.90 Å². The van der Waals surface area contributed by atoms with E-state index < -0.39 is 23.3 Å². The fourth-order valence-electron chi connectivity index (χ4n) is 3.79. The van der Waals surface area contributed by atoms with E-state index in [0.717, 1.165) is 12.1 Å². The van der Waals surface area contributed by atoms with Crippen molar-refractivity contribution in [2.45, 2.75) is 43.4 Å².